The second-order valence-electron chi connectivity index (χ2n) is 31.5. The Balaban J connectivity index is 0.000000225. The molecule has 0 saturated heterocycles. The van der Waals surface area contributed by atoms with Gasteiger partial charge in [-0.1, -0.05) is 41.5 Å². The van der Waals surface area contributed by atoms with Crippen molar-refractivity contribution in [1.29, 1.82) is 0 Å². The van der Waals surface area contributed by atoms with Gasteiger partial charge in [-0.25, -0.2) is 9.59 Å². The van der Waals surface area contributed by atoms with Crippen LogP contribution in [0.5, 0.6) is 0 Å². The van der Waals surface area contributed by atoms with Crippen molar-refractivity contribution in [2.75, 3.05) is 52.9 Å². The van der Waals surface area contributed by atoms with E-state index in [1.54, 1.807) is 0 Å². The molecule has 10 rings (SSSR count). The van der Waals surface area contributed by atoms with E-state index in [1.165, 1.54) is 64.2 Å². The van der Waals surface area contributed by atoms with E-state index >= 15 is 0 Å². The van der Waals surface area contributed by atoms with Crippen molar-refractivity contribution < 1.29 is 85.7 Å². The van der Waals surface area contributed by atoms with Crippen molar-refractivity contribution in [1.82, 2.24) is 0 Å². The second-order valence-corrected chi connectivity index (χ2v) is 31.5. The number of hydrogen-bond donors (Lipinski definition) is 0. The fourth-order valence-corrected chi connectivity index (χ4v) is 15.5. The van der Waals surface area contributed by atoms with E-state index in [2.05, 4.69) is 20.8 Å². The monoisotopic (exact) mass is 1300 g/mol. The zero-order valence-electron chi connectivity index (χ0n) is 60.0. The van der Waals surface area contributed by atoms with Crippen molar-refractivity contribution in [3.63, 3.8) is 0 Å². The average Bonchev–Trinajstić information content (AvgIpc) is 0.854. The van der Waals surface area contributed by atoms with Crippen LogP contribution in [0.3, 0.4) is 0 Å². The maximum Gasteiger partial charge on any atom is 0.332 e. The van der Waals surface area contributed by atoms with Gasteiger partial charge in [-0.15, -0.1) is 0 Å². The minimum absolute atomic E-state index is 0.0667. The van der Waals surface area contributed by atoms with E-state index in [9.17, 15) is 38.4 Å². The first-order valence-corrected chi connectivity index (χ1v) is 35.9. The van der Waals surface area contributed by atoms with Crippen LogP contribution in [0.15, 0.2) is 0 Å². The molecule has 10 aliphatic carbocycles. The van der Waals surface area contributed by atoms with Gasteiger partial charge in [0.1, 0.15) is 62.0 Å². The molecule has 528 valence electrons. The van der Waals surface area contributed by atoms with Gasteiger partial charge in [-0.3, -0.25) is 28.8 Å². The van der Waals surface area contributed by atoms with Gasteiger partial charge in [-0.2, -0.15) is 0 Å². The third-order valence-electron chi connectivity index (χ3n) is 23.2. The number of ether oxygens (including phenoxy) is 10. The lowest BCUT2D eigenvalue weighted by atomic mass is 9.49. The summed E-state index contributed by atoms with van der Waals surface area (Å²) in [7, 11) is 0. The van der Waals surface area contributed by atoms with Crippen LogP contribution < -0.4 is 0 Å². The summed E-state index contributed by atoms with van der Waals surface area (Å²) in [6.45, 7) is 31.8. The molecule has 0 radical (unpaired) electrons. The largest absolute Gasteiger partial charge is 0.465 e. The lowest BCUT2D eigenvalue weighted by molar-refractivity contribution is -0.214. The third kappa shape index (κ3) is 21.9. The fourth-order valence-electron chi connectivity index (χ4n) is 15.5. The van der Waals surface area contributed by atoms with Gasteiger partial charge in [0.25, 0.3) is 0 Å². The first-order valence-electron chi connectivity index (χ1n) is 35.9. The zero-order chi connectivity index (χ0) is 68.4. The molecule has 0 aromatic carbocycles. The predicted molar refractivity (Wildman–Crippen MR) is 349 cm³/mol. The van der Waals surface area contributed by atoms with Crippen LogP contribution in [0.2, 0.25) is 0 Å². The summed E-state index contributed by atoms with van der Waals surface area (Å²) in [6, 6.07) is 0. The van der Waals surface area contributed by atoms with E-state index in [4.69, 9.17) is 47.4 Å². The van der Waals surface area contributed by atoms with Gasteiger partial charge < -0.3 is 47.4 Å². The molecule has 0 heterocycles. The molecule has 0 amide bonds. The molecule has 18 nitrogen and oxygen atoms in total. The number of carbonyl (C=O) groups excluding carboxylic acids is 8. The molecule has 0 unspecified atom stereocenters. The molecule has 10 saturated carbocycles. The summed E-state index contributed by atoms with van der Waals surface area (Å²) < 4.78 is 54.6. The van der Waals surface area contributed by atoms with Crippen molar-refractivity contribution in [3.8, 4) is 0 Å². The van der Waals surface area contributed by atoms with Crippen LogP contribution in [0.4, 0.5) is 0 Å². The highest BCUT2D eigenvalue weighted by Crippen LogP contribution is 2.61. The standard InChI is InChI=1S/C22H36O5.C21H34O5.C16H28O4.C15H26O4/c1-5-21(3,4)20(24)26-8-7-25-14-19(23)27-22(6-2)17-10-15-9-16(12-17)13-18(22)11-15;1-5-20(2,3)19(23)25-7-6-24-13-18(22)26-21(4)16-9-14-8-15(11-16)12-17(21)10-14;1-5-15(3,4)14(18)19-12-9-13(17)20-16(6-2)10-7-8-11-16;1-5-14(2,3)13(17)18-11-8-12(16)19-15(4)9-6-7-10-15/h15-18H,5-14H2,1-4H3;14-17H,5-13H2,1-4H3;5-12H2,1-4H3;5-11H2,1-4H3. The number of hydrogen-bond acceptors (Lipinski definition) is 18. The zero-order valence-corrected chi connectivity index (χ0v) is 60.0. The Morgan fingerprint density at radius 3 is 1.03 bits per heavy atom. The Hall–Kier alpha value is -4.32. The first kappa shape index (κ1) is 78.4. The van der Waals surface area contributed by atoms with Crippen molar-refractivity contribution >= 4 is 47.8 Å². The average molecular weight is 1300 g/mol. The topological polar surface area (TPSA) is 229 Å². The van der Waals surface area contributed by atoms with Gasteiger partial charge in [0.2, 0.25) is 0 Å². The number of esters is 8. The predicted octanol–water partition coefficient (Wildman–Crippen LogP) is 14.7. The van der Waals surface area contributed by atoms with Crippen LogP contribution >= 0.6 is 0 Å². The molecule has 0 spiro atoms. The van der Waals surface area contributed by atoms with Crippen LogP contribution in [0.1, 0.15) is 278 Å². The normalized spacial score (nSPS) is 27.7. The van der Waals surface area contributed by atoms with E-state index in [0.717, 1.165) is 107 Å². The Kier molecular flexibility index (Phi) is 29.4. The first-order chi connectivity index (χ1) is 43.2. The van der Waals surface area contributed by atoms with E-state index < -0.39 is 21.7 Å². The maximum atomic E-state index is 12.4. The molecule has 0 aliphatic heterocycles. The lowest BCUT2D eigenvalue weighted by Gasteiger charge is -2.60. The van der Waals surface area contributed by atoms with Crippen LogP contribution in [-0.4, -0.2) is 123 Å². The summed E-state index contributed by atoms with van der Waals surface area (Å²) in [6.07, 6.45) is 25.7. The summed E-state index contributed by atoms with van der Waals surface area (Å²) in [5, 5.41) is 0. The van der Waals surface area contributed by atoms with E-state index in [1.807, 2.05) is 90.0 Å². The lowest BCUT2D eigenvalue weighted by Crippen LogP contribution is -2.59. The minimum Gasteiger partial charge on any atom is -0.465 e. The van der Waals surface area contributed by atoms with Crippen LogP contribution in [0.25, 0.3) is 0 Å². The highest BCUT2D eigenvalue weighted by Gasteiger charge is 2.59. The maximum absolute atomic E-state index is 12.4. The Bertz CT molecular complexity index is 2350. The highest BCUT2D eigenvalue weighted by atomic mass is 16.6. The molecule has 8 bridgehead atoms. The van der Waals surface area contributed by atoms with E-state index in [-0.39, 0.29) is 136 Å². The fraction of sp³-hybridized carbons (Fsp3) is 0.892. The molecule has 10 fully saturated rings. The third-order valence-corrected chi connectivity index (χ3v) is 23.2. The van der Waals surface area contributed by atoms with Gasteiger partial charge in [-0.05, 0) is 271 Å². The van der Waals surface area contributed by atoms with Gasteiger partial charge >= 0.3 is 47.8 Å². The Morgan fingerprint density at radius 2 is 0.685 bits per heavy atom. The molecule has 92 heavy (non-hydrogen) atoms. The quantitative estimate of drug-likeness (QED) is 0.0370. The molecule has 0 aromatic rings. The summed E-state index contributed by atoms with van der Waals surface area (Å²) in [5.41, 5.74) is -3.08. The molecule has 10 aliphatic rings. The molecule has 18 heteroatoms. The van der Waals surface area contributed by atoms with Gasteiger partial charge in [0.05, 0.1) is 47.7 Å². The van der Waals surface area contributed by atoms with Crippen LogP contribution in [-0.2, 0) is 85.7 Å². The van der Waals surface area contributed by atoms with Crippen molar-refractivity contribution in [3.05, 3.63) is 0 Å². The number of rotatable bonds is 30. The Labute approximate surface area is 553 Å². The summed E-state index contributed by atoms with van der Waals surface area (Å²) in [4.78, 5) is 95.5. The molecule has 0 aromatic heterocycles. The Morgan fingerprint density at radius 1 is 0.359 bits per heavy atom. The number of carbonyl (C=O) groups is 8. The highest BCUT2D eigenvalue weighted by molar-refractivity contribution is 5.78. The summed E-state index contributed by atoms with van der Waals surface area (Å²) in [5.74, 6) is 3.43. The SMILES string of the molecule is CCC(C)(C)C(=O)OCCC(=O)OC1(C)CCCC1.CCC(C)(C)C(=O)OCCOCC(=O)OC1(C)C2CC3CC(C2)CC1C3.CCC(C)(C)C(=O)OCCOCC(=O)OC1(CC)C2CC3CC(C2)CC1C3.CCC1(OC(=O)CCOC(=O)C(C)(C)CC)CCCC1. The van der Waals surface area contributed by atoms with Gasteiger partial charge in [0, 0.05) is 0 Å². The van der Waals surface area contributed by atoms with Gasteiger partial charge in [0.15, 0.2) is 0 Å². The van der Waals surface area contributed by atoms with E-state index in [0.29, 0.717) is 30.1 Å². The molecule has 0 N–H and O–H groups in total. The molecule has 0 atom stereocenters. The van der Waals surface area contributed by atoms with Crippen LogP contribution in [0, 0.1) is 69.0 Å². The minimum atomic E-state index is -0.486. The molecular formula is C74H124O18. The smallest absolute Gasteiger partial charge is 0.332 e. The van der Waals surface area contributed by atoms with Crippen molar-refractivity contribution in [2.45, 2.75) is 300 Å². The molecular weight excluding hydrogens is 1180 g/mol. The second kappa shape index (κ2) is 34.6. The van der Waals surface area contributed by atoms with Crippen molar-refractivity contribution in [2.24, 2.45) is 69.0 Å². The summed E-state index contributed by atoms with van der Waals surface area (Å²) >= 11 is 0.